The van der Waals surface area contributed by atoms with Gasteiger partial charge in [-0.1, -0.05) is 6.42 Å². The van der Waals surface area contributed by atoms with E-state index in [2.05, 4.69) is 37.5 Å². The van der Waals surface area contributed by atoms with Crippen molar-refractivity contribution >= 4 is 0 Å². The number of piperidine rings is 2. The van der Waals surface area contributed by atoms with E-state index in [0.717, 1.165) is 30.0 Å². The number of nitrogens with zero attached hydrogens (tertiary/aromatic N) is 4. The molecule has 0 bridgehead atoms. The van der Waals surface area contributed by atoms with Gasteiger partial charge in [0.1, 0.15) is 0 Å². The second kappa shape index (κ2) is 7.36. The standard InChI is InChI=1S/C19H25N5/c1-2-13-24(16-8-11-20-12-9-16)19(5-1)18-7-6-17(22-23-18)15-4-3-10-21-14-15/h3-4,6-7,10,14,16,19-20H,1-2,5,8-9,11-13H2. The molecule has 1 N–H and O–H groups in total. The van der Waals surface area contributed by atoms with Gasteiger partial charge in [-0.05, 0) is 69.6 Å². The molecular formula is C19H25N5. The predicted molar refractivity (Wildman–Crippen MR) is 94.5 cm³/mol. The molecule has 0 amide bonds. The minimum atomic E-state index is 0.428. The van der Waals surface area contributed by atoms with Crippen molar-refractivity contribution in [2.45, 2.75) is 44.2 Å². The van der Waals surface area contributed by atoms with Crippen LogP contribution in [-0.4, -0.2) is 45.8 Å². The number of aromatic nitrogens is 3. The second-order valence-corrected chi connectivity index (χ2v) is 6.82. The van der Waals surface area contributed by atoms with Gasteiger partial charge in [-0.25, -0.2) is 0 Å². The Morgan fingerprint density at radius 3 is 2.67 bits per heavy atom. The van der Waals surface area contributed by atoms with E-state index in [1.165, 1.54) is 38.6 Å². The molecule has 4 heterocycles. The van der Waals surface area contributed by atoms with E-state index in [9.17, 15) is 0 Å². The van der Waals surface area contributed by atoms with Gasteiger partial charge in [0.15, 0.2) is 0 Å². The van der Waals surface area contributed by atoms with Gasteiger partial charge in [0.25, 0.3) is 0 Å². The Kier molecular flexibility index (Phi) is 4.81. The smallest absolute Gasteiger partial charge is 0.0945 e. The van der Waals surface area contributed by atoms with Crippen molar-refractivity contribution in [1.82, 2.24) is 25.4 Å². The Morgan fingerprint density at radius 2 is 1.92 bits per heavy atom. The maximum absolute atomic E-state index is 4.59. The molecule has 0 aromatic carbocycles. The van der Waals surface area contributed by atoms with Crippen molar-refractivity contribution in [3.63, 3.8) is 0 Å². The summed E-state index contributed by atoms with van der Waals surface area (Å²) in [6.07, 6.45) is 9.91. The molecule has 126 valence electrons. The summed E-state index contributed by atoms with van der Waals surface area (Å²) in [6, 6.07) is 9.34. The Bertz CT molecular complexity index is 637. The molecule has 5 nitrogen and oxygen atoms in total. The molecule has 2 aromatic heterocycles. The van der Waals surface area contributed by atoms with Crippen molar-refractivity contribution in [3.05, 3.63) is 42.4 Å². The zero-order chi connectivity index (χ0) is 16.2. The van der Waals surface area contributed by atoms with Crippen LogP contribution in [0.25, 0.3) is 11.3 Å². The molecule has 2 fully saturated rings. The fraction of sp³-hybridized carbons (Fsp3) is 0.526. The van der Waals surface area contributed by atoms with E-state index in [1.807, 2.05) is 18.3 Å². The molecule has 2 saturated heterocycles. The average molecular weight is 323 g/mol. The van der Waals surface area contributed by atoms with E-state index in [4.69, 9.17) is 0 Å². The molecule has 4 rings (SSSR count). The second-order valence-electron chi connectivity index (χ2n) is 6.82. The van der Waals surface area contributed by atoms with Crippen LogP contribution < -0.4 is 5.32 Å². The number of hydrogen-bond donors (Lipinski definition) is 1. The minimum absolute atomic E-state index is 0.428. The third kappa shape index (κ3) is 3.32. The van der Waals surface area contributed by atoms with Crippen LogP contribution in [0, 0.1) is 0 Å². The Labute approximate surface area is 143 Å². The predicted octanol–water partition coefficient (Wildman–Crippen LogP) is 2.82. The third-order valence-electron chi connectivity index (χ3n) is 5.31. The van der Waals surface area contributed by atoms with Crippen LogP contribution in [-0.2, 0) is 0 Å². The summed E-state index contributed by atoms with van der Waals surface area (Å²) >= 11 is 0. The van der Waals surface area contributed by atoms with Gasteiger partial charge in [-0.2, -0.15) is 10.2 Å². The summed E-state index contributed by atoms with van der Waals surface area (Å²) in [6.45, 7) is 3.47. The maximum Gasteiger partial charge on any atom is 0.0945 e. The van der Waals surface area contributed by atoms with Crippen LogP contribution in [0.1, 0.15) is 43.8 Å². The van der Waals surface area contributed by atoms with E-state index >= 15 is 0 Å². The fourth-order valence-corrected chi connectivity index (χ4v) is 4.04. The molecule has 5 heteroatoms. The number of nitrogens with one attached hydrogen (secondary N) is 1. The number of hydrogen-bond acceptors (Lipinski definition) is 5. The maximum atomic E-state index is 4.59. The lowest BCUT2D eigenvalue weighted by Gasteiger charge is -2.42. The highest BCUT2D eigenvalue weighted by atomic mass is 15.2. The van der Waals surface area contributed by atoms with Gasteiger partial charge < -0.3 is 5.32 Å². The molecule has 24 heavy (non-hydrogen) atoms. The summed E-state index contributed by atoms with van der Waals surface area (Å²) in [4.78, 5) is 6.86. The largest absolute Gasteiger partial charge is 0.317 e. The minimum Gasteiger partial charge on any atom is -0.317 e. The molecule has 2 aliphatic heterocycles. The van der Waals surface area contributed by atoms with Crippen molar-refractivity contribution in [1.29, 1.82) is 0 Å². The molecule has 0 aliphatic carbocycles. The summed E-state index contributed by atoms with van der Waals surface area (Å²) in [7, 11) is 0. The van der Waals surface area contributed by atoms with Gasteiger partial charge in [-0.3, -0.25) is 9.88 Å². The lowest BCUT2D eigenvalue weighted by Crippen LogP contribution is -2.46. The molecule has 0 saturated carbocycles. The van der Waals surface area contributed by atoms with Crippen LogP contribution >= 0.6 is 0 Å². The van der Waals surface area contributed by atoms with E-state index in [1.54, 1.807) is 6.20 Å². The Balaban J connectivity index is 1.54. The third-order valence-corrected chi connectivity index (χ3v) is 5.31. The summed E-state index contributed by atoms with van der Waals surface area (Å²) in [5.41, 5.74) is 3.05. The molecule has 0 radical (unpaired) electrons. The van der Waals surface area contributed by atoms with Gasteiger partial charge in [0.2, 0.25) is 0 Å². The van der Waals surface area contributed by atoms with Crippen LogP contribution in [0.15, 0.2) is 36.7 Å². The highest BCUT2D eigenvalue weighted by Crippen LogP contribution is 2.33. The van der Waals surface area contributed by atoms with Gasteiger partial charge in [-0.15, -0.1) is 0 Å². The topological polar surface area (TPSA) is 53.9 Å². The normalized spacial score (nSPS) is 23.2. The lowest BCUT2D eigenvalue weighted by molar-refractivity contribution is 0.0733. The monoisotopic (exact) mass is 323 g/mol. The summed E-state index contributed by atoms with van der Waals surface area (Å²) < 4.78 is 0. The molecule has 1 atom stereocenters. The highest BCUT2D eigenvalue weighted by Gasteiger charge is 2.31. The van der Waals surface area contributed by atoms with E-state index in [-0.39, 0.29) is 0 Å². The van der Waals surface area contributed by atoms with Crippen LogP contribution in [0.2, 0.25) is 0 Å². The first-order valence-corrected chi connectivity index (χ1v) is 9.12. The van der Waals surface area contributed by atoms with Gasteiger partial charge in [0.05, 0.1) is 17.4 Å². The first-order valence-electron chi connectivity index (χ1n) is 9.12. The number of rotatable bonds is 3. The zero-order valence-corrected chi connectivity index (χ0v) is 14.1. The fourth-order valence-electron chi connectivity index (χ4n) is 4.04. The molecule has 0 spiro atoms. The Morgan fingerprint density at radius 1 is 1.00 bits per heavy atom. The van der Waals surface area contributed by atoms with Crippen molar-refractivity contribution in [3.8, 4) is 11.3 Å². The van der Waals surface area contributed by atoms with E-state index < -0.39 is 0 Å². The number of likely N-dealkylation sites (tertiary alicyclic amines) is 1. The van der Waals surface area contributed by atoms with E-state index in [0.29, 0.717) is 12.1 Å². The first kappa shape index (κ1) is 15.7. The SMILES string of the molecule is c1cncc(-c2ccc(C3CCCCN3C3CCNCC3)nn2)c1. The van der Waals surface area contributed by atoms with Gasteiger partial charge in [0, 0.05) is 24.0 Å². The van der Waals surface area contributed by atoms with Crippen molar-refractivity contribution in [2.75, 3.05) is 19.6 Å². The van der Waals surface area contributed by atoms with Crippen molar-refractivity contribution in [2.24, 2.45) is 0 Å². The van der Waals surface area contributed by atoms with Crippen LogP contribution in [0.3, 0.4) is 0 Å². The molecule has 2 aliphatic rings. The van der Waals surface area contributed by atoms with Crippen LogP contribution in [0.4, 0.5) is 0 Å². The van der Waals surface area contributed by atoms with Gasteiger partial charge >= 0.3 is 0 Å². The average Bonchev–Trinajstić information content (AvgIpc) is 2.69. The van der Waals surface area contributed by atoms with Crippen LogP contribution in [0.5, 0.6) is 0 Å². The first-order chi connectivity index (χ1) is 11.9. The summed E-state index contributed by atoms with van der Waals surface area (Å²) in [5.74, 6) is 0. The Hall–Kier alpha value is -1.85. The number of pyridine rings is 1. The molecule has 1 unspecified atom stereocenters. The van der Waals surface area contributed by atoms with Crippen molar-refractivity contribution < 1.29 is 0 Å². The molecular weight excluding hydrogens is 298 g/mol. The molecule has 2 aromatic rings. The highest BCUT2D eigenvalue weighted by molar-refractivity contribution is 5.56. The quantitative estimate of drug-likeness (QED) is 0.941. The lowest BCUT2D eigenvalue weighted by atomic mass is 9.93. The summed E-state index contributed by atoms with van der Waals surface area (Å²) in [5, 5.41) is 12.5. The zero-order valence-electron chi connectivity index (χ0n) is 14.1.